The number of benzene rings is 1. The molecule has 1 aromatic rings. The monoisotopic (exact) mass is 401 g/mol. The lowest BCUT2D eigenvalue weighted by atomic mass is 10.1. The van der Waals surface area contributed by atoms with Gasteiger partial charge < -0.3 is 19.7 Å². The number of ether oxygens (including phenoxy) is 2. The molecule has 2 atom stereocenters. The first kappa shape index (κ1) is 19.7. The minimum atomic E-state index is -0.663. The fraction of sp³-hybridized carbons (Fsp3) is 0.571. The second-order valence-electron chi connectivity index (χ2n) is 7.80. The molecule has 29 heavy (non-hydrogen) atoms. The molecular formula is C21H27N3O5. The average molecular weight is 401 g/mol. The molecule has 2 unspecified atom stereocenters. The minimum absolute atomic E-state index is 0.0251. The summed E-state index contributed by atoms with van der Waals surface area (Å²) < 4.78 is 11.1. The van der Waals surface area contributed by atoms with Crippen LogP contribution in [0.2, 0.25) is 0 Å². The van der Waals surface area contributed by atoms with Crippen LogP contribution in [0.4, 0.5) is 11.4 Å². The molecule has 0 aromatic heterocycles. The number of rotatable bonds is 4. The van der Waals surface area contributed by atoms with Gasteiger partial charge in [-0.1, -0.05) is 0 Å². The van der Waals surface area contributed by atoms with Crippen LogP contribution in [0.15, 0.2) is 18.2 Å². The van der Waals surface area contributed by atoms with Crippen molar-refractivity contribution in [2.45, 2.75) is 51.2 Å². The largest absolute Gasteiger partial charge is 0.479 e. The van der Waals surface area contributed by atoms with Gasteiger partial charge in [0, 0.05) is 25.4 Å². The first-order valence-corrected chi connectivity index (χ1v) is 10.4. The highest BCUT2D eigenvalue weighted by Gasteiger charge is 2.34. The van der Waals surface area contributed by atoms with E-state index in [0.717, 1.165) is 38.8 Å². The second kappa shape index (κ2) is 8.41. The van der Waals surface area contributed by atoms with Gasteiger partial charge in [0.15, 0.2) is 6.10 Å². The van der Waals surface area contributed by atoms with Gasteiger partial charge in [0.1, 0.15) is 18.4 Å². The third-order valence-corrected chi connectivity index (χ3v) is 5.66. The van der Waals surface area contributed by atoms with Crippen LogP contribution in [0.5, 0.6) is 5.75 Å². The summed E-state index contributed by atoms with van der Waals surface area (Å²) in [6, 6.07) is 5.15. The zero-order valence-corrected chi connectivity index (χ0v) is 16.7. The normalized spacial score (nSPS) is 24.1. The van der Waals surface area contributed by atoms with Gasteiger partial charge in [0.2, 0.25) is 5.91 Å². The maximum absolute atomic E-state index is 12.8. The Balaban J connectivity index is 1.53. The van der Waals surface area contributed by atoms with Crippen molar-refractivity contribution in [2.24, 2.45) is 0 Å². The summed E-state index contributed by atoms with van der Waals surface area (Å²) in [5.74, 6) is 0.00540. The molecule has 0 spiro atoms. The van der Waals surface area contributed by atoms with Gasteiger partial charge in [-0.15, -0.1) is 0 Å². The summed E-state index contributed by atoms with van der Waals surface area (Å²) in [4.78, 5) is 41.2. The fourth-order valence-corrected chi connectivity index (χ4v) is 4.03. The van der Waals surface area contributed by atoms with Gasteiger partial charge >= 0.3 is 0 Å². The molecule has 0 bridgehead atoms. The van der Waals surface area contributed by atoms with Gasteiger partial charge in [0.25, 0.3) is 11.8 Å². The Labute approximate surface area is 170 Å². The molecule has 156 valence electrons. The predicted octanol–water partition coefficient (Wildman–Crippen LogP) is 1.93. The van der Waals surface area contributed by atoms with Gasteiger partial charge in [0.05, 0.1) is 5.69 Å². The van der Waals surface area contributed by atoms with Crippen LogP contribution < -0.4 is 15.0 Å². The number of anilines is 2. The van der Waals surface area contributed by atoms with Gasteiger partial charge in [-0.05, 0) is 57.2 Å². The average Bonchev–Trinajstić information content (AvgIpc) is 3.27. The fourth-order valence-electron chi connectivity index (χ4n) is 4.03. The number of nitrogens with one attached hydrogen (secondary N) is 1. The second-order valence-corrected chi connectivity index (χ2v) is 7.80. The van der Waals surface area contributed by atoms with E-state index in [1.165, 1.54) is 4.90 Å². The standard InChI is InChI=1S/C21H27N3O5/c1-14-21(27)24(13-19(25)23-9-3-2-4-10-23)16-12-15(7-8-17(16)29-14)22-20(26)18-6-5-11-28-18/h7-8,12,14,18H,2-6,9-11,13H2,1H3,(H,22,26). The first-order valence-electron chi connectivity index (χ1n) is 10.4. The van der Waals surface area contributed by atoms with E-state index in [-0.39, 0.29) is 24.3 Å². The molecule has 4 rings (SSSR count). The maximum atomic E-state index is 12.8. The number of piperidine rings is 1. The minimum Gasteiger partial charge on any atom is -0.479 e. The molecule has 3 heterocycles. The van der Waals surface area contributed by atoms with E-state index in [0.29, 0.717) is 30.2 Å². The Morgan fingerprint density at radius 1 is 1.17 bits per heavy atom. The van der Waals surface area contributed by atoms with Gasteiger partial charge in [-0.3, -0.25) is 19.3 Å². The Morgan fingerprint density at radius 3 is 2.69 bits per heavy atom. The predicted molar refractivity (Wildman–Crippen MR) is 107 cm³/mol. The molecule has 1 N–H and O–H groups in total. The van der Waals surface area contributed by atoms with Crippen LogP contribution in [0, 0.1) is 0 Å². The van der Waals surface area contributed by atoms with E-state index in [9.17, 15) is 14.4 Å². The van der Waals surface area contributed by atoms with Crippen molar-refractivity contribution in [3.63, 3.8) is 0 Å². The molecule has 0 radical (unpaired) electrons. The number of carbonyl (C=O) groups is 3. The van der Waals surface area contributed by atoms with Crippen LogP contribution in [-0.2, 0) is 19.1 Å². The van der Waals surface area contributed by atoms with Crippen molar-refractivity contribution in [3.8, 4) is 5.75 Å². The Hall–Kier alpha value is -2.61. The molecule has 2 saturated heterocycles. The zero-order chi connectivity index (χ0) is 20.4. The van der Waals surface area contributed by atoms with E-state index in [1.807, 2.05) is 4.90 Å². The number of fused-ring (bicyclic) bond motifs is 1. The number of likely N-dealkylation sites (tertiary alicyclic amines) is 1. The van der Waals surface area contributed by atoms with Gasteiger partial charge in [-0.25, -0.2) is 0 Å². The summed E-state index contributed by atoms with van der Waals surface area (Å²) in [6.07, 6.45) is 3.59. The number of hydrogen-bond donors (Lipinski definition) is 1. The molecule has 3 aliphatic heterocycles. The SMILES string of the molecule is CC1Oc2ccc(NC(=O)C3CCCO3)cc2N(CC(=O)N2CCCCC2)C1=O. The van der Waals surface area contributed by atoms with Crippen molar-refractivity contribution in [3.05, 3.63) is 18.2 Å². The zero-order valence-electron chi connectivity index (χ0n) is 16.7. The Bertz CT molecular complexity index is 800. The third kappa shape index (κ3) is 4.22. The number of hydrogen-bond acceptors (Lipinski definition) is 5. The van der Waals surface area contributed by atoms with Crippen LogP contribution in [-0.4, -0.2) is 61.1 Å². The molecule has 3 aliphatic rings. The first-order chi connectivity index (χ1) is 14.0. The number of nitrogens with zero attached hydrogens (tertiary/aromatic N) is 2. The van der Waals surface area contributed by atoms with Crippen molar-refractivity contribution < 1.29 is 23.9 Å². The van der Waals surface area contributed by atoms with Crippen molar-refractivity contribution in [1.82, 2.24) is 4.90 Å². The highest BCUT2D eigenvalue weighted by Crippen LogP contribution is 2.36. The van der Waals surface area contributed by atoms with E-state index < -0.39 is 12.2 Å². The molecule has 0 aliphatic carbocycles. The Morgan fingerprint density at radius 2 is 1.97 bits per heavy atom. The molecule has 2 fully saturated rings. The van der Waals surface area contributed by atoms with E-state index in [2.05, 4.69) is 5.32 Å². The van der Waals surface area contributed by atoms with E-state index in [4.69, 9.17) is 9.47 Å². The highest BCUT2D eigenvalue weighted by atomic mass is 16.5. The molecule has 3 amide bonds. The third-order valence-electron chi connectivity index (χ3n) is 5.66. The summed E-state index contributed by atoms with van der Waals surface area (Å²) in [7, 11) is 0. The van der Waals surface area contributed by atoms with Crippen LogP contribution in [0.1, 0.15) is 39.0 Å². The van der Waals surface area contributed by atoms with Gasteiger partial charge in [-0.2, -0.15) is 0 Å². The number of carbonyl (C=O) groups excluding carboxylic acids is 3. The van der Waals surface area contributed by atoms with Crippen molar-refractivity contribution in [2.75, 3.05) is 36.5 Å². The van der Waals surface area contributed by atoms with Crippen LogP contribution in [0.3, 0.4) is 0 Å². The quantitative estimate of drug-likeness (QED) is 0.833. The highest BCUT2D eigenvalue weighted by molar-refractivity contribution is 6.04. The molecule has 8 nitrogen and oxygen atoms in total. The maximum Gasteiger partial charge on any atom is 0.268 e. The Kier molecular flexibility index (Phi) is 5.71. The number of amides is 3. The topological polar surface area (TPSA) is 88.2 Å². The summed E-state index contributed by atoms with van der Waals surface area (Å²) in [6.45, 7) is 3.71. The van der Waals surface area contributed by atoms with Crippen molar-refractivity contribution in [1.29, 1.82) is 0 Å². The molecular weight excluding hydrogens is 374 g/mol. The summed E-state index contributed by atoms with van der Waals surface area (Å²) in [5.41, 5.74) is 1.05. The smallest absolute Gasteiger partial charge is 0.268 e. The lowest BCUT2D eigenvalue weighted by Gasteiger charge is -2.35. The van der Waals surface area contributed by atoms with Crippen molar-refractivity contribution >= 4 is 29.1 Å². The van der Waals surface area contributed by atoms with E-state index >= 15 is 0 Å². The summed E-state index contributed by atoms with van der Waals surface area (Å²) >= 11 is 0. The lowest BCUT2D eigenvalue weighted by Crippen LogP contribution is -2.50. The molecule has 0 saturated carbocycles. The van der Waals surface area contributed by atoms with Crippen LogP contribution >= 0.6 is 0 Å². The van der Waals surface area contributed by atoms with E-state index in [1.54, 1.807) is 25.1 Å². The lowest BCUT2D eigenvalue weighted by molar-refractivity contribution is -0.133. The van der Waals surface area contributed by atoms with Crippen LogP contribution in [0.25, 0.3) is 0 Å². The molecule has 1 aromatic carbocycles. The molecule has 8 heteroatoms. The summed E-state index contributed by atoms with van der Waals surface area (Å²) in [5, 5.41) is 2.84.